The number of anilines is 1. The van der Waals surface area contributed by atoms with Gasteiger partial charge in [0.1, 0.15) is 5.82 Å². The smallest absolute Gasteiger partial charge is 0.228 e. The van der Waals surface area contributed by atoms with E-state index in [1.54, 1.807) is 41.5 Å². The van der Waals surface area contributed by atoms with Crippen LogP contribution < -0.4 is 5.32 Å². The highest BCUT2D eigenvalue weighted by molar-refractivity contribution is 6.32. The molecule has 27 heavy (non-hydrogen) atoms. The van der Waals surface area contributed by atoms with Crippen molar-refractivity contribution < 1.29 is 9.18 Å². The summed E-state index contributed by atoms with van der Waals surface area (Å²) in [6.07, 6.45) is 5.24. The molecule has 2 N–H and O–H groups in total. The third-order valence-corrected chi connectivity index (χ3v) is 4.74. The molecule has 0 aliphatic rings. The number of nitrogens with zero attached hydrogens (tertiary/aromatic N) is 2. The topological polar surface area (TPSA) is 62.7 Å². The van der Waals surface area contributed by atoms with Crippen LogP contribution in [0.5, 0.6) is 0 Å². The molecule has 0 aliphatic heterocycles. The molecule has 0 unspecified atom stereocenters. The van der Waals surface area contributed by atoms with Gasteiger partial charge in [-0.3, -0.25) is 4.79 Å². The fourth-order valence-corrected chi connectivity index (χ4v) is 3.42. The van der Waals surface area contributed by atoms with Gasteiger partial charge in [0.05, 0.1) is 23.5 Å². The first-order chi connectivity index (χ1) is 13.0. The number of aromatic amines is 1. The van der Waals surface area contributed by atoms with E-state index < -0.39 is 0 Å². The Labute approximate surface area is 159 Å². The Morgan fingerprint density at radius 2 is 2.15 bits per heavy atom. The standard InChI is InChI=1S/C20H16ClFN4O/c1-12-15(16-8-13(22)2-4-18(16)24-12)10-20(27)25-14-3-5-19(17(21)9-14)26-7-6-23-11-26/h2-9,11,24H,10H2,1H3,(H,25,27). The first kappa shape index (κ1) is 17.3. The summed E-state index contributed by atoms with van der Waals surface area (Å²) >= 11 is 6.32. The van der Waals surface area contributed by atoms with Crippen molar-refractivity contribution in [2.45, 2.75) is 13.3 Å². The SMILES string of the molecule is Cc1[nH]c2ccc(F)cc2c1CC(=O)Nc1ccc(-n2ccnc2)c(Cl)c1. The van der Waals surface area contributed by atoms with Crippen LogP contribution in [-0.4, -0.2) is 20.4 Å². The average molecular weight is 383 g/mol. The van der Waals surface area contributed by atoms with E-state index in [0.29, 0.717) is 10.7 Å². The third kappa shape index (κ3) is 3.44. The molecule has 5 nitrogen and oxygen atoms in total. The lowest BCUT2D eigenvalue weighted by atomic mass is 10.1. The number of fused-ring (bicyclic) bond motifs is 1. The molecule has 0 saturated heterocycles. The lowest BCUT2D eigenvalue weighted by Gasteiger charge is -2.09. The van der Waals surface area contributed by atoms with Gasteiger partial charge in [0.15, 0.2) is 0 Å². The average Bonchev–Trinajstić information content (AvgIpc) is 3.24. The second-order valence-corrected chi connectivity index (χ2v) is 6.69. The number of hydrogen-bond acceptors (Lipinski definition) is 2. The first-order valence-electron chi connectivity index (χ1n) is 8.35. The summed E-state index contributed by atoms with van der Waals surface area (Å²) in [5, 5.41) is 4.06. The summed E-state index contributed by atoms with van der Waals surface area (Å²) < 4.78 is 15.4. The number of halogens is 2. The van der Waals surface area contributed by atoms with Crippen molar-refractivity contribution in [3.05, 3.63) is 77.2 Å². The van der Waals surface area contributed by atoms with Gasteiger partial charge in [-0.1, -0.05) is 11.6 Å². The molecule has 0 spiro atoms. The van der Waals surface area contributed by atoms with Crippen LogP contribution in [0.4, 0.5) is 10.1 Å². The molecule has 1 amide bonds. The van der Waals surface area contributed by atoms with E-state index in [2.05, 4.69) is 15.3 Å². The van der Waals surface area contributed by atoms with E-state index in [0.717, 1.165) is 27.8 Å². The molecule has 0 saturated carbocycles. The van der Waals surface area contributed by atoms with Gasteiger partial charge in [-0.25, -0.2) is 9.37 Å². The van der Waals surface area contributed by atoms with Gasteiger partial charge < -0.3 is 14.9 Å². The Balaban J connectivity index is 1.54. The molecule has 4 rings (SSSR count). The maximum Gasteiger partial charge on any atom is 0.228 e. The van der Waals surface area contributed by atoms with Gasteiger partial charge in [0.25, 0.3) is 0 Å². The van der Waals surface area contributed by atoms with E-state index in [4.69, 9.17) is 11.6 Å². The molecule has 2 aromatic carbocycles. The normalized spacial score (nSPS) is 11.1. The molecule has 7 heteroatoms. The number of imidazole rings is 1. The van der Waals surface area contributed by atoms with Crippen molar-refractivity contribution in [3.63, 3.8) is 0 Å². The van der Waals surface area contributed by atoms with Crippen LogP contribution in [0.25, 0.3) is 16.6 Å². The Bertz CT molecular complexity index is 1130. The number of nitrogens with one attached hydrogen (secondary N) is 2. The summed E-state index contributed by atoms with van der Waals surface area (Å²) in [7, 11) is 0. The predicted molar refractivity (Wildman–Crippen MR) is 104 cm³/mol. The Morgan fingerprint density at radius 1 is 1.30 bits per heavy atom. The second-order valence-electron chi connectivity index (χ2n) is 6.28. The van der Waals surface area contributed by atoms with Crippen molar-refractivity contribution in [1.82, 2.24) is 14.5 Å². The van der Waals surface area contributed by atoms with E-state index in [1.807, 2.05) is 13.0 Å². The van der Waals surface area contributed by atoms with Crippen LogP contribution in [0.15, 0.2) is 55.1 Å². The lowest BCUT2D eigenvalue weighted by Crippen LogP contribution is -2.15. The van der Waals surface area contributed by atoms with Crippen molar-refractivity contribution in [2.75, 3.05) is 5.32 Å². The molecule has 2 heterocycles. The molecule has 0 bridgehead atoms. The molecule has 2 aromatic heterocycles. The molecule has 136 valence electrons. The van der Waals surface area contributed by atoms with Gasteiger partial charge in [-0.15, -0.1) is 0 Å². The summed E-state index contributed by atoms with van der Waals surface area (Å²) in [6, 6.07) is 9.79. The third-order valence-electron chi connectivity index (χ3n) is 4.43. The van der Waals surface area contributed by atoms with E-state index >= 15 is 0 Å². The lowest BCUT2D eigenvalue weighted by molar-refractivity contribution is -0.115. The maximum absolute atomic E-state index is 13.6. The minimum Gasteiger partial charge on any atom is -0.358 e. The zero-order chi connectivity index (χ0) is 19.0. The van der Waals surface area contributed by atoms with Gasteiger partial charge >= 0.3 is 0 Å². The number of aromatic nitrogens is 3. The van der Waals surface area contributed by atoms with Crippen LogP contribution in [0.3, 0.4) is 0 Å². The highest BCUT2D eigenvalue weighted by atomic mass is 35.5. The number of hydrogen-bond donors (Lipinski definition) is 2. The van der Waals surface area contributed by atoms with Crippen LogP contribution in [-0.2, 0) is 11.2 Å². The molecular weight excluding hydrogens is 367 g/mol. The number of amides is 1. The largest absolute Gasteiger partial charge is 0.358 e. The van der Waals surface area contributed by atoms with Gasteiger partial charge in [-0.2, -0.15) is 0 Å². The fourth-order valence-electron chi connectivity index (χ4n) is 3.14. The highest BCUT2D eigenvalue weighted by Crippen LogP contribution is 2.26. The number of aryl methyl sites for hydroxylation is 1. The molecule has 4 aromatic rings. The Kier molecular flexibility index (Phi) is 4.41. The molecular formula is C20H16ClFN4O. The van der Waals surface area contributed by atoms with E-state index in [1.165, 1.54) is 12.1 Å². The highest BCUT2D eigenvalue weighted by Gasteiger charge is 2.14. The summed E-state index contributed by atoms with van der Waals surface area (Å²) in [6.45, 7) is 1.87. The van der Waals surface area contributed by atoms with Crippen LogP contribution in [0.1, 0.15) is 11.3 Å². The number of carbonyl (C=O) groups excluding carboxylic acids is 1. The number of H-pyrrole nitrogens is 1. The fraction of sp³-hybridized carbons (Fsp3) is 0.100. The maximum atomic E-state index is 13.6. The number of rotatable bonds is 4. The molecule has 0 fully saturated rings. The van der Waals surface area contributed by atoms with E-state index in [9.17, 15) is 9.18 Å². The Morgan fingerprint density at radius 3 is 2.89 bits per heavy atom. The molecule has 0 radical (unpaired) electrons. The second kappa shape index (κ2) is 6.89. The Hall–Kier alpha value is -3.12. The van der Waals surface area contributed by atoms with Crippen LogP contribution >= 0.6 is 11.6 Å². The summed E-state index contributed by atoms with van der Waals surface area (Å²) in [5.74, 6) is -0.528. The number of carbonyl (C=O) groups is 1. The zero-order valence-electron chi connectivity index (χ0n) is 14.5. The zero-order valence-corrected chi connectivity index (χ0v) is 15.2. The van der Waals surface area contributed by atoms with Crippen LogP contribution in [0.2, 0.25) is 5.02 Å². The minimum absolute atomic E-state index is 0.135. The van der Waals surface area contributed by atoms with Crippen molar-refractivity contribution in [1.29, 1.82) is 0 Å². The minimum atomic E-state index is -0.329. The van der Waals surface area contributed by atoms with Crippen molar-refractivity contribution in [2.24, 2.45) is 0 Å². The monoisotopic (exact) mass is 382 g/mol. The van der Waals surface area contributed by atoms with Gasteiger partial charge in [0, 0.05) is 34.7 Å². The van der Waals surface area contributed by atoms with Crippen LogP contribution in [0, 0.1) is 12.7 Å². The summed E-state index contributed by atoms with van der Waals surface area (Å²) in [5.41, 5.74) is 3.81. The van der Waals surface area contributed by atoms with Gasteiger partial charge in [0.2, 0.25) is 5.91 Å². The molecule has 0 aliphatic carbocycles. The quantitative estimate of drug-likeness (QED) is 0.540. The molecule has 0 atom stereocenters. The predicted octanol–water partition coefficient (Wildman–Crippen LogP) is 4.64. The van der Waals surface area contributed by atoms with Crippen molar-refractivity contribution >= 4 is 34.1 Å². The summed E-state index contributed by atoms with van der Waals surface area (Å²) in [4.78, 5) is 19.7. The number of benzene rings is 2. The first-order valence-corrected chi connectivity index (χ1v) is 8.73. The van der Waals surface area contributed by atoms with E-state index in [-0.39, 0.29) is 18.1 Å². The van der Waals surface area contributed by atoms with Crippen molar-refractivity contribution in [3.8, 4) is 5.69 Å². The van der Waals surface area contributed by atoms with Gasteiger partial charge in [-0.05, 0) is 48.9 Å².